The number of fused-ring (bicyclic) bond motifs is 1. The minimum atomic E-state index is -0.850. The van der Waals surface area contributed by atoms with Crippen LogP contribution in [-0.2, 0) is 11.2 Å². The summed E-state index contributed by atoms with van der Waals surface area (Å²) in [7, 11) is 0. The van der Waals surface area contributed by atoms with E-state index in [-0.39, 0.29) is 0 Å². The summed E-state index contributed by atoms with van der Waals surface area (Å²) in [6.07, 6.45) is 0.861. The summed E-state index contributed by atoms with van der Waals surface area (Å²) >= 11 is 0. The highest BCUT2D eigenvalue weighted by Crippen LogP contribution is 2.24. The molecule has 1 aromatic rings. The van der Waals surface area contributed by atoms with Gasteiger partial charge in [-0.25, -0.2) is 0 Å². The lowest BCUT2D eigenvalue weighted by Crippen LogP contribution is -2.35. The largest absolute Gasteiger partial charge is 0.480 e. The summed E-state index contributed by atoms with van der Waals surface area (Å²) in [5.74, 6) is -0.850. The first-order valence-corrected chi connectivity index (χ1v) is 4.53. The normalized spacial score (nSPS) is 20.1. The maximum absolute atomic E-state index is 10.9. The van der Waals surface area contributed by atoms with E-state index in [1.807, 2.05) is 12.1 Å². The van der Waals surface area contributed by atoms with Crippen molar-refractivity contribution < 1.29 is 9.90 Å². The zero-order valence-electron chi connectivity index (χ0n) is 7.66. The number of anilines is 1. The fraction of sp³-hybridized carbons (Fsp3) is 0.300. The fourth-order valence-electron chi connectivity index (χ4n) is 1.79. The third-order valence-electron chi connectivity index (χ3n) is 2.47. The quantitative estimate of drug-likeness (QED) is 0.568. The molecule has 2 rings (SSSR count). The second-order valence-electron chi connectivity index (χ2n) is 3.43. The Morgan fingerprint density at radius 2 is 2.36 bits per heavy atom. The predicted octanol–water partition coefficient (Wildman–Crippen LogP) is 0.540. The van der Waals surface area contributed by atoms with E-state index in [4.69, 9.17) is 10.8 Å². The maximum atomic E-state index is 10.9. The van der Waals surface area contributed by atoms with E-state index in [1.165, 1.54) is 0 Å². The minimum Gasteiger partial charge on any atom is -0.480 e. The lowest BCUT2D eigenvalue weighted by molar-refractivity contribution is -0.139. The molecule has 4 N–H and O–H groups in total. The first-order chi connectivity index (χ1) is 6.68. The van der Waals surface area contributed by atoms with E-state index in [0.29, 0.717) is 12.2 Å². The SMILES string of the molecule is Nc1ccc2c(c1)[C@H](C(=O)O)NCC2. The third kappa shape index (κ3) is 1.44. The van der Waals surface area contributed by atoms with Crippen LogP contribution >= 0.6 is 0 Å². The highest BCUT2D eigenvalue weighted by molar-refractivity contribution is 5.77. The predicted molar refractivity (Wildman–Crippen MR) is 52.9 cm³/mol. The molecular weight excluding hydrogens is 180 g/mol. The molecule has 1 aromatic carbocycles. The number of hydrogen-bond donors (Lipinski definition) is 3. The van der Waals surface area contributed by atoms with Gasteiger partial charge >= 0.3 is 5.97 Å². The van der Waals surface area contributed by atoms with Gasteiger partial charge in [0, 0.05) is 12.2 Å². The van der Waals surface area contributed by atoms with Crippen LogP contribution in [0.25, 0.3) is 0 Å². The van der Waals surface area contributed by atoms with E-state index >= 15 is 0 Å². The van der Waals surface area contributed by atoms with Crippen molar-refractivity contribution in [3.63, 3.8) is 0 Å². The number of nitrogens with one attached hydrogen (secondary N) is 1. The molecule has 0 radical (unpaired) electrons. The molecule has 1 aliphatic heterocycles. The standard InChI is InChI=1S/C10H12N2O2/c11-7-2-1-6-3-4-12-9(10(13)14)8(6)5-7/h1-2,5,9,12H,3-4,11H2,(H,13,14)/t9-/m1/s1. The zero-order valence-corrected chi connectivity index (χ0v) is 7.66. The minimum absolute atomic E-state index is 0.609. The van der Waals surface area contributed by atoms with Crippen molar-refractivity contribution in [1.29, 1.82) is 0 Å². The highest BCUT2D eigenvalue weighted by atomic mass is 16.4. The molecule has 0 fully saturated rings. The third-order valence-corrected chi connectivity index (χ3v) is 2.47. The second-order valence-corrected chi connectivity index (χ2v) is 3.43. The topological polar surface area (TPSA) is 75.4 Å². The van der Waals surface area contributed by atoms with Crippen LogP contribution in [0.2, 0.25) is 0 Å². The van der Waals surface area contributed by atoms with Gasteiger partial charge in [-0.05, 0) is 29.7 Å². The molecule has 0 amide bonds. The number of aliphatic carboxylic acids is 1. The molecule has 1 atom stereocenters. The molecule has 0 saturated heterocycles. The Hall–Kier alpha value is -1.55. The van der Waals surface area contributed by atoms with Gasteiger partial charge in [-0.3, -0.25) is 4.79 Å². The second kappa shape index (κ2) is 3.31. The van der Waals surface area contributed by atoms with Gasteiger partial charge in [0.1, 0.15) is 6.04 Å². The Balaban J connectivity index is 2.46. The van der Waals surface area contributed by atoms with E-state index < -0.39 is 12.0 Å². The smallest absolute Gasteiger partial charge is 0.325 e. The zero-order chi connectivity index (χ0) is 10.1. The van der Waals surface area contributed by atoms with Gasteiger partial charge in [0.05, 0.1) is 0 Å². The number of benzene rings is 1. The Bertz CT molecular complexity index is 376. The molecule has 4 nitrogen and oxygen atoms in total. The first kappa shape index (κ1) is 9.02. The molecule has 1 aliphatic rings. The molecule has 0 aromatic heterocycles. The summed E-state index contributed by atoms with van der Waals surface area (Å²) in [4.78, 5) is 10.9. The monoisotopic (exact) mass is 192 g/mol. The van der Waals surface area contributed by atoms with Crippen LogP contribution in [0.1, 0.15) is 17.2 Å². The Morgan fingerprint density at radius 1 is 1.57 bits per heavy atom. The van der Waals surface area contributed by atoms with Crippen LogP contribution in [0.3, 0.4) is 0 Å². The average Bonchev–Trinajstić information content (AvgIpc) is 2.16. The molecule has 4 heteroatoms. The van der Waals surface area contributed by atoms with Crippen molar-refractivity contribution in [3.05, 3.63) is 29.3 Å². The highest BCUT2D eigenvalue weighted by Gasteiger charge is 2.25. The molecule has 0 unspecified atom stereocenters. The Labute approximate surface area is 81.7 Å². The Kier molecular flexibility index (Phi) is 2.13. The van der Waals surface area contributed by atoms with Crippen LogP contribution < -0.4 is 11.1 Å². The molecule has 0 saturated carbocycles. The van der Waals surface area contributed by atoms with E-state index in [0.717, 1.165) is 17.5 Å². The lowest BCUT2D eigenvalue weighted by atomic mass is 9.94. The molecule has 14 heavy (non-hydrogen) atoms. The molecule has 74 valence electrons. The number of carbonyl (C=O) groups is 1. The molecule has 0 aliphatic carbocycles. The van der Waals surface area contributed by atoms with Crippen LogP contribution in [0.15, 0.2) is 18.2 Å². The van der Waals surface area contributed by atoms with Crippen molar-refractivity contribution in [1.82, 2.24) is 5.32 Å². The number of nitrogens with two attached hydrogens (primary N) is 1. The fourth-order valence-corrected chi connectivity index (χ4v) is 1.79. The van der Waals surface area contributed by atoms with Gasteiger partial charge in [-0.1, -0.05) is 6.07 Å². The van der Waals surface area contributed by atoms with Crippen LogP contribution in [0.5, 0.6) is 0 Å². The van der Waals surface area contributed by atoms with Crippen molar-refractivity contribution >= 4 is 11.7 Å². The van der Waals surface area contributed by atoms with Gasteiger partial charge in [0.25, 0.3) is 0 Å². The molecular formula is C10H12N2O2. The average molecular weight is 192 g/mol. The van der Waals surface area contributed by atoms with Crippen molar-refractivity contribution in [2.45, 2.75) is 12.5 Å². The Morgan fingerprint density at radius 3 is 3.07 bits per heavy atom. The maximum Gasteiger partial charge on any atom is 0.325 e. The lowest BCUT2D eigenvalue weighted by Gasteiger charge is -2.23. The van der Waals surface area contributed by atoms with Gasteiger partial charge in [0.2, 0.25) is 0 Å². The van der Waals surface area contributed by atoms with Crippen LogP contribution in [-0.4, -0.2) is 17.6 Å². The number of nitrogen functional groups attached to an aromatic ring is 1. The summed E-state index contributed by atoms with van der Waals surface area (Å²) < 4.78 is 0. The van der Waals surface area contributed by atoms with Gasteiger partial charge in [0.15, 0.2) is 0 Å². The van der Waals surface area contributed by atoms with Crippen molar-refractivity contribution in [2.75, 3.05) is 12.3 Å². The first-order valence-electron chi connectivity index (χ1n) is 4.53. The van der Waals surface area contributed by atoms with E-state index in [1.54, 1.807) is 6.07 Å². The van der Waals surface area contributed by atoms with Crippen molar-refractivity contribution in [3.8, 4) is 0 Å². The number of carboxylic acid groups (broad SMARTS) is 1. The van der Waals surface area contributed by atoms with Crippen LogP contribution in [0.4, 0.5) is 5.69 Å². The van der Waals surface area contributed by atoms with Crippen molar-refractivity contribution in [2.24, 2.45) is 0 Å². The summed E-state index contributed by atoms with van der Waals surface area (Å²) in [5.41, 5.74) is 8.10. The van der Waals surface area contributed by atoms with Gasteiger partial charge in [-0.15, -0.1) is 0 Å². The molecule has 0 spiro atoms. The summed E-state index contributed by atoms with van der Waals surface area (Å²) in [6, 6.07) is 4.84. The number of rotatable bonds is 1. The van der Waals surface area contributed by atoms with E-state index in [2.05, 4.69) is 5.32 Å². The number of carboxylic acids is 1. The van der Waals surface area contributed by atoms with Gasteiger partial charge < -0.3 is 16.2 Å². The molecule has 1 heterocycles. The number of hydrogen-bond acceptors (Lipinski definition) is 3. The summed E-state index contributed by atoms with van der Waals surface area (Å²) in [5, 5.41) is 11.9. The summed E-state index contributed by atoms with van der Waals surface area (Å²) in [6.45, 7) is 0.702. The van der Waals surface area contributed by atoms with Crippen LogP contribution in [0, 0.1) is 0 Å². The van der Waals surface area contributed by atoms with Gasteiger partial charge in [-0.2, -0.15) is 0 Å². The molecule has 0 bridgehead atoms. The van der Waals surface area contributed by atoms with E-state index in [9.17, 15) is 4.79 Å².